The van der Waals surface area contributed by atoms with Crippen LogP contribution in [0.3, 0.4) is 0 Å². The summed E-state index contributed by atoms with van der Waals surface area (Å²) in [5.74, 6) is 1.04. The maximum absolute atomic E-state index is 11.8. The number of rotatable bonds is 3. The zero-order valence-corrected chi connectivity index (χ0v) is 15.0. The molecule has 0 bridgehead atoms. The van der Waals surface area contributed by atoms with Gasteiger partial charge in [-0.1, -0.05) is 11.3 Å². The highest BCUT2D eigenvalue weighted by molar-refractivity contribution is 7.21. The monoisotopic (exact) mass is 359 g/mol. The van der Waals surface area contributed by atoms with Crippen molar-refractivity contribution < 1.29 is 14.3 Å². The Bertz CT molecular complexity index is 902. The second-order valence-electron chi connectivity index (χ2n) is 6.12. The summed E-state index contributed by atoms with van der Waals surface area (Å²) in [4.78, 5) is 29.7. The SMILES string of the molecule is COc1ccc(-c2ncc3nc(NC(=O)OC(C)(C)C)sc3n2)cn1. The lowest BCUT2D eigenvalue weighted by atomic mass is 10.2. The highest BCUT2D eigenvalue weighted by Gasteiger charge is 2.18. The zero-order chi connectivity index (χ0) is 18.0. The number of hydrogen-bond acceptors (Lipinski definition) is 8. The van der Waals surface area contributed by atoms with Gasteiger partial charge in [-0.15, -0.1) is 0 Å². The first-order valence-corrected chi connectivity index (χ1v) is 8.30. The van der Waals surface area contributed by atoms with Gasteiger partial charge in [-0.3, -0.25) is 5.32 Å². The number of methoxy groups -OCH3 is 1. The third kappa shape index (κ3) is 4.18. The number of thiazole rings is 1. The van der Waals surface area contributed by atoms with E-state index in [2.05, 4.69) is 25.3 Å². The summed E-state index contributed by atoms with van der Waals surface area (Å²) in [5.41, 5.74) is 0.786. The maximum Gasteiger partial charge on any atom is 0.413 e. The van der Waals surface area contributed by atoms with Gasteiger partial charge in [-0.05, 0) is 26.8 Å². The molecule has 0 spiro atoms. The van der Waals surface area contributed by atoms with Gasteiger partial charge < -0.3 is 9.47 Å². The van der Waals surface area contributed by atoms with Crippen molar-refractivity contribution in [2.45, 2.75) is 26.4 Å². The van der Waals surface area contributed by atoms with Crippen LogP contribution >= 0.6 is 11.3 Å². The number of nitrogens with zero attached hydrogens (tertiary/aromatic N) is 4. The number of pyridine rings is 1. The predicted octanol–water partition coefficient (Wildman–Crippen LogP) is 3.50. The molecular formula is C16H17N5O3S. The fourth-order valence-corrected chi connectivity index (χ4v) is 2.75. The van der Waals surface area contributed by atoms with Crippen LogP contribution in [0.4, 0.5) is 9.93 Å². The summed E-state index contributed by atoms with van der Waals surface area (Å²) < 4.78 is 10.3. The van der Waals surface area contributed by atoms with E-state index in [0.717, 1.165) is 5.56 Å². The molecule has 130 valence electrons. The lowest BCUT2D eigenvalue weighted by Gasteiger charge is -2.18. The Labute approximate surface area is 148 Å². The average Bonchev–Trinajstić information content (AvgIpc) is 2.94. The molecule has 0 radical (unpaired) electrons. The van der Waals surface area contributed by atoms with Gasteiger partial charge in [0, 0.05) is 17.8 Å². The van der Waals surface area contributed by atoms with Crippen LogP contribution in [-0.2, 0) is 4.74 Å². The second-order valence-corrected chi connectivity index (χ2v) is 7.10. The van der Waals surface area contributed by atoms with Crippen molar-refractivity contribution >= 4 is 32.9 Å². The molecule has 0 aromatic carbocycles. The van der Waals surface area contributed by atoms with E-state index in [9.17, 15) is 4.79 Å². The van der Waals surface area contributed by atoms with E-state index in [1.54, 1.807) is 46.3 Å². The fourth-order valence-electron chi connectivity index (χ4n) is 1.95. The van der Waals surface area contributed by atoms with E-state index in [1.807, 2.05) is 6.07 Å². The van der Waals surface area contributed by atoms with Gasteiger partial charge in [0.05, 0.1) is 13.3 Å². The Kier molecular flexibility index (Phi) is 4.49. The van der Waals surface area contributed by atoms with Crippen LogP contribution < -0.4 is 10.1 Å². The highest BCUT2D eigenvalue weighted by atomic mass is 32.1. The molecule has 3 aromatic heterocycles. The molecule has 3 rings (SSSR count). The Balaban J connectivity index is 1.82. The summed E-state index contributed by atoms with van der Waals surface area (Å²) in [7, 11) is 1.56. The summed E-state index contributed by atoms with van der Waals surface area (Å²) >= 11 is 1.25. The standard InChI is InChI=1S/C16H17N5O3S/c1-16(2,3)24-15(22)21-14-19-10-8-18-12(20-13(10)25-14)9-5-6-11(23-4)17-7-9/h5-8H,1-4H3,(H,19,21,22). The van der Waals surface area contributed by atoms with Crippen molar-refractivity contribution in [3.63, 3.8) is 0 Å². The van der Waals surface area contributed by atoms with Crippen LogP contribution in [0.2, 0.25) is 0 Å². The number of carbonyl (C=O) groups is 1. The summed E-state index contributed by atoms with van der Waals surface area (Å²) in [6.45, 7) is 5.39. The predicted molar refractivity (Wildman–Crippen MR) is 94.8 cm³/mol. The van der Waals surface area contributed by atoms with Crippen molar-refractivity contribution in [2.24, 2.45) is 0 Å². The van der Waals surface area contributed by atoms with Gasteiger partial charge in [0.2, 0.25) is 5.88 Å². The molecule has 8 nitrogen and oxygen atoms in total. The molecule has 3 aromatic rings. The van der Waals surface area contributed by atoms with Crippen molar-refractivity contribution in [1.29, 1.82) is 0 Å². The molecule has 9 heteroatoms. The second kappa shape index (κ2) is 6.60. The average molecular weight is 359 g/mol. The van der Waals surface area contributed by atoms with E-state index in [4.69, 9.17) is 9.47 Å². The molecule has 25 heavy (non-hydrogen) atoms. The molecule has 0 fully saturated rings. The van der Waals surface area contributed by atoms with E-state index >= 15 is 0 Å². The highest BCUT2D eigenvalue weighted by Crippen LogP contribution is 2.26. The number of anilines is 1. The largest absolute Gasteiger partial charge is 0.481 e. The minimum Gasteiger partial charge on any atom is -0.481 e. The summed E-state index contributed by atoms with van der Waals surface area (Å²) in [5, 5.41) is 3.02. The maximum atomic E-state index is 11.8. The molecule has 0 aliphatic heterocycles. The van der Waals surface area contributed by atoms with Gasteiger partial charge in [-0.25, -0.2) is 24.7 Å². The van der Waals surface area contributed by atoms with Gasteiger partial charge in [0.15, 0.2) is 11.0 Å². The van der Waals surface area contributed by atoms with Crippen LogP contribution in [0.1, 0.15) is 20.8 Å². The molecule has 0 aliphatic rings. The number of aromatic nitrogens is 4. The van der Waals surface area contributed by atoms with E-state index in [0.29, 0.717) is 27.2 Å². The lowest BCUT2D eigenvalue weighted by molar-refractivity contribution is 0.0636. The molecule has 0 saturated heterocycles. The van der Waals surface area contributed by atoms with Crippen LogP contribution in [-0.4, -0.2) is 38.7 Å². The van der Waals surface area contributed by atoms with Crippen molar-refractivity contribution in [3.05, 3.63) is 24.5 Å². The fraction of sp³-hybridized carbons (Fsp3) is 0.312. The molecule has 0 atom stereocenters. The van der Waals surface area contributed by atoms with Crippen LogP contribution in [0.15, 0.2) is 24.5 Å². The number of fused-ring (bicyclic) bond motifs is 1. The molecular weight excluding hydrogens is 342 g/mol. The van der Waals surface area contributed by atoms with Gasteiger partial charge in [-0.2, -0.15) is 0 Å². The third-order valence-corrected chi connectivity index (χ3v) is 3.84. The molecule has 3 heterocycles. The lowest BCUT2D eigenvalue weighted by Crippen LogP contribution is -2.27. The van der Waals surface area contributed by atoms with Gasteiger partial charge in [0.25, 0.3) is 0 Å². The molecule has 1 amide bonds. The topological polar surface area (TPSA) is 99.1 Å². The van der Waals surface area contributed by atoms with Crippen molar-refractivity contribution in [3.8, 4) is 17.3 Å². The van der Waals surface area contributed by atoms with Crippen LogP contribution in [0.25, 0.3) is 21.7 Å². The molecule has 0 aliphatic carbocycles. The van der Waals surface area contributed by atoms with Gasteiger partial charge >= 0.3 is 6.09 Å². The smallest absolute Gasteiger partial charge is 0.413 e. The molecule has 1 N–H and O–H groups in total. The first-order valence-electron chi connectivity index (χ1n) is 7.48. The number of carbonyl (C=O) groups excluding carboxylic acids is 1. The minimum atomic E-state index is -0.574. The quantitative estimate of drug-likeness (QED) is 0.764. The Hall–Kier alpha value is -2.81. The Morgan fingerprint density at radius 1 is 1.16 bits per heavy atom. The summed E-state index contributed by atoms with van der Waals surface area (Å²) in [6, 6.07) is 3.57. The zero-order valence-electron chi connectivity index (χ0n) is 14.2. The van der Waals surface area contributed by atoms with E-state index in [1.165, 1.54) is 11.3 Å². The number of nitrogens with one attached hydrogen (secondary N) is 1. The summed E-state index contributed by atoms with van der Waals surface area (Å²) in [6.07, 6.45) is 2.69. The Morgan fingerprint density at radius 2 is 1.96 bits per heavy atom. The van der Waals surface area contributed by atoms with Crippen molar-refractivity contribution in [1.82, 2.24) is 19.9 Å². The van der Waals surface area contributed by atoms with Gasteiger partial charge in [0.1, 0.15) is 15.9 Å². The third-order valence-electron chi connectivity index (χ3n) is 2.96. The molecule has 0 saturated carbocycles. The molecule has 0 unspecified atom stereocenters. The Morgan fingerprint density at radius 3 is 2.60 bits per heavy atom. The van der Waals surface area contributed by atoms with Crippen molar-refractivity contribution in [2.75, 3.05) is 12.4 Å². The number of ether oxygens (including phenoxy) is 2. The number of amides is 1. The van der Waals surface area contributed by atoms with E-state index in [-0.39, 0.29) is 0 Å². The first-order chi connectivity index (χ1) is 11.8. The van der Waals surface area contributed by atoms with Crippen LogP contribution in [0.5, 0.6) is 5.88 Å². The minimum absolute atomic E-state index is 0.406. The van der Waals surface area contributed by atoms with E-state index < -0.39 is 11.7 Å². The number of hydrogen-bond donors (Lipinski definition) is 1. The normalized spacial score (nSPS) is 11.4. The van der Waals surface area contributed by atoms with Crippen LogP contribution in [0, 0.1) is 0 Å². The first kappa shape index (κ1) is 17.0.